The second-order valence-electron chi connectivity index (χ2n) is 2.93. The molecule has 1 rings (SSSR count). The van der Waals surface area contributed by atoms with Gasteiger partial charge in [-0.05, 0) is 0 Å². The Morgan fingerprint density at radius 3 is 2.33 bits per heavy atom. The van der Waals surface area contributed by atoms with Crippen LogP contribution in [0.25, 0.3) is 0 Å². The molecule has 0 aliphatic rings. The van der Waals surface area contributed by atoms with Gasteiger partial charge in [-0.2, -0.15) is 0 Å². The first kappa shape index (κ1) is 9.67. The summed E-state index contributed by atoms with van der Waals surface area (Å²) in [6.45, 7) is 6.42. The zero-order valence-electron chi connectivity index (χ0n) is 7.65. The average Bonchev–Trinajstić information content (AvgIpc) is 2.07. The van der Waals surface area contributed by atoms with Crippen molar-refractivity contribution in [3.8, 4) is 9.86 Å². The minimum absolute atomic E-state index is 1.18. The van der Waals surface area contributed by atoms with Crippen LogP contribution < -0.4 is 0 Å². The summed E-state index contributed by atoms with van der Waals surface area (Å²) in [5.41, 5.74) is 5.22. The molecule has 12 heavy (non-hydrogen) atoms. The molecule has 1 aromatic rings. The number of rotatable bonds is 0. The molecule has 1 aromatic carbocycles. The van der Waals surface area contributed by atoms with E-state index in [0.29, 0.717) is 0 Å². The molecule has 0 N–H and O–H groups in total. The van der Waals surface area contributed by atoms with Crippen LogP contribution in [0.3, 0.4) is 0 Å². The van der Waals surface area contributed by atoms with Crippen molar-refractivity contribution in [2.24, 2.45) is 0 Å². The Bertz CT molecular complexity index is 353. The van der Waals surface area contributed by atoms with Gasteiger partial charge < -0.3 is 0 Å². The summed E-state index contributed by atoms with van der Waals surface area (Å²) in [6.07, 6.45) is 0. The van der Waals surface area contributed by atoms with Crippen LogP contribution >= 0.6 is 0 Å². The Morgan fingerprint density at radius 2 is 1.75 bits per heavy atom. The van der Waals surface area contributed by atoms with Crippen molar-refractivity contribution >= 4 is 22.5 Å². The molecule has 0 aromatic heterocycles. The third-order valence-corrected chi connectivity index (χ3v) is 2.61. The molecule has 0 saturated carbocycles. The summed E-state index contributed by atoms with van der Waals surface area (Å²) in [6, 6.07) is 4.24. The van der Waals surface area contributed by atoms with E-state index in [1.807, 2.05) is 0 Å². The van der Waals surface area contributed by atoms with Crippen LogP contribution in [0, 0.1) is 30.6 Å². The van der Waals surface area contributed by atoms with E-state index < -0.39 is 0 Å². The molecule has 59 valence electrons. The first-order chi connectivity index (χ1) is 5.66. The Morgan fingerprint density at radius 1 is 1.08 bits per heavy atom. The van der Waals surface area contributed by atoms with Crippen molar-refractivity contribution in [1.29, 1.82) is 0 Å². The third kappa shape index (κ3) is 1.84. The Kier molecular flexibility index (Phi) is 3.22. The fourth-order valence-electron chi connectivity index (χ4n) is 1.16. The van der Waals surface area contributed by atoms with E-state index in [4.69, 9.17) is 0 Å². The van der Waals surface area contributed by atoms with Gasteiger partial charge in [0.2, 0.25) is 0 Å². The van der Waals surface area contributed by atoms with Gasteiger partial charge in [0.25, 0.3) is 0 Å². The minimum atomic E-state index is 1.18. The predicted octanol–water partition coefficient (Wildman–Crippen LogP) is 2.09. The average molecular weight is 262 g/mol. The van der Waals surface area contributed by atoms with E-state index in [2.05, 4.69) is 42.8 Å². The summed E-state index contributed by atoms with van der Waals surface area (Å²) in [7, 11) is 0. The second kappa shape index (κ2) is 4.00. The molecule has 0 atom stereocenters. The quantitative estimate of drug-likeness (QED) is 0.496. The van der Waals surface area contributed by atoms with E-state index in [0.717, 1.165) is 0 Å². The maximum absolute atomic E-state index is 3.13. The molecular formula is C11H11Sn. The SMILES string of the molecule is Cc1ccc(C#[C][Sn])c(C)c1C. The van der Waals surface area contributed by atoms with Gasteiger partial charge in [-0.1, -0.05) is 0 Å². The Hall–Kier alpha value is -0.421. The van der Waals surface area contributed by atoms with Gasteiger partial charge in [-0.25, -0.2) is 0 Å². The fourth-order valence-corrected chi connectivity index (χ4v) is 1.54. The molecule has 1 heteroatoms. The number of hydrogen-bond donors (Lipinski definition) is 0. The molecule has 0 fully saturated rings. The van der Waals surface area contributed by atoms with Gasteiger partial charge in [0.1, 0.15) is 0 Å². The maximum atomic E-state index is 3.13. The molecule has 3 radical (unpaired) electrons. The summed E-state index contributed by atoms with van der Waals surface area (Å²) in [5, 5.41) is 0. The summed E-state index contributed by atoms with van der Waals surface area (Å²) in [5.74, 6) is 3.13. The van der Waals surface area contributed by atoms with E-state index in [1.54, 1.807) is 0 Å². The molecule has 0 unspecified atom stereocenters. The molecular weight excluding hydrogens is 251 g/mol. The molecule has 0 aliphatic heterocycles. The van der Waals surface area contributed by atoms with Crippen molar-refractivity contribution in [3.05, 3.63) is 34.4 Å². The summed E-state index contributed by atoms with van der Waals surface area (Å²) >= 11 is 1.28. The van der Waals surface area contributed by atoms with E-state index in [1.165, 1.54) is 44.8 Å². The van der Waals surface area contributed by atoms with Crippen LogP contribution in [0.2, 0.25) is 0 Å². The van der Waals surface area contributed by atoms with Crippen LogP contribution in [0.1, 0.15) is 22.3 Å². The van der Waals surface area contributed by atoms with Gasteiger partial charge in [0, 0.05) is 0 Å². The zero-order chi connectivity index (χ0) is 9.14. The van der Waals surface area contributed by atoms with E-state index in [9.17, 15) is 0 Å². The predicted molar refractivity (Wildman–Crippen MR) is 53.3 cm³/mol. The molecule has 0 aliphatic carbocycles. The number of benzene rings is 1. The molecule has 0 amide bonds. The Labute approximate surface area is 87.5 Å². The van der Waals surface area contributed by atoms with Gasteiger partial charge in [-0.3, -0.25) is 0 Å². The van der Waals surface area contributed by atoms with Crippen molar-refractivity contribution in [2.75, 3.05) is 0 Å². The summed E-state index contributed by atoms with van der Waals surface area (Å²) < 4.78 is 3.01. The Balaban J connectivity index is 3.33. The van der Waals surface area contributed by atoms with Crippen molar-refractivity contribution < 1.29 is 0 Å². The first-order valence-corrected chi connectivity index (χ1v) is 5.34. The van der Waals surface area contributed by atoms with Gasteiger partial charge >= 0.3 is 87.5 Å². The zero-order valence-corrected chi connectivity index (χ0v) is 10.5. The molecule has 0 bridgehead atoms. The topological polar surface area (TPSA) is 0 Å². The standard InChI is InChI=1S/C11H11.Sn/c1-5-11-7-6-8(2)9(3)10(11)4;/h6-7H,2-4H3;. The van der Waals surface area contributed by atoms with Gasteiger partial charge in [0.15, 0.2) is 0 Å². The van der Waals surface area contributed by atoms with Gasteiger partial charge in [-0.15, -0.1) is 0 Å². The van der Waals surface area contributed by atoms with Crippen LogP contribution in [-0.2, 0) is 0 Å². The number of aryl methyl sites for hydroxylation is 1. The molecule has 0 nitrogen and oxygen atoms in total. The van der Waals surface area contributed by atoms with Gasteiger partial charge in [0.05, 0.1) is 0 Å². The van der Waals surface area contributed by atoms with Crippen LogP contribution in [0.4, 0.5) is 0 Å². The molecule has 0 saturated heterocycles. The molecule has 0 spiro atoms. The van der Waals surface area contributed by atoms with Crippen molar-refractivity contribution in [1.82, 2.24) is 0 Å². The van der Waals surface area contributed by atoms with Crippen molar-refractivity contribution in [3.63, 3.8) is 0 Å². The van der Waals surface area contributed by atoms with Crippen LogP contribution in [0.5, 0.6) is 0 Å². The summed E-state index contributed by atoms with van der Waals surface area (Å²) in [4.78, 5) is 0. The van der Waals surface area contributed by atoms with Crippen LogP contribution in [-0.4, -0.2) is 22.5 Å². The fraction of sp³-hybridized carbons (Fsp3) is 0.273. The number of hydrogen-bond acceptors (Lipinski definition) is 0. The van der Waals surface area contributed by atoms with E-state index >= 15 is 0 Å². The van der Waals surface area contributed by atoms with Crippen molar-refractivity contribution in [2.45, 2.75) is 20.8 Å². The normalized spacial score (nSPS) is 9.00. The third-order valence-electron chi connectivity index (χ3n) is 2.26. The van der Waals surface area contributed by atoms with Crippen LogP contribution in [0.15, 0.2) is 12.1 Å². The van der Waals surface area contributed by atoms with E-state index in [-0.39, 0.29) is 0 Å². The second-order valence-corrected chi connectivity index (χ2v) is 3.64. The monoisotopic (exact) mass is 263 g/mol. The first-order valence-electron chi connectivity index (χ1n) is 3.91. The molecule has 0 heterocycles.